The number of carbonyl (C=O) groups excluding carboxylic acids is 6. The SMILES string of the molecule is CC(C)C[C@@H]1NC(=O)[C@@H](NC(=O)c2cccc(OCCCc3ccccc3)c2)COCCCCOC[C@@H](C(=O)N(C)C)NC(=O)[C@@H]2CCCN2C(=O)[C@H](C)NC1=O. The van der Waals surface area contributed by atoms with E-state index in [1.54, 1.807) is 38.4 Å². The van der Waals surface area contributed by atoms with Crippen molar-refractivity contribution >= 4 is 35.4 Å². The van der Waals surface area contributed by atoms with Crippen molar-refractivity contribution in [3.8, 4) is 5.75 Å². The van der Waals surface area contributed by atoms with Crippen LogP contribution in [0.1, 0.15) is 75.2 Å². The largest absolute Gasteiger partial charge is 0.494 e. The number of amides is 6. The Morgan fingerprint density at radius 3 is 2.32 bits per heavy atom. The lowest BCUT2D eigenvalue weighted by atomic mass is 10.0. The summed E-state index contributed by atoms with van der Waals surface area (Å²) in [6, 6.07) is 11.8. The zero-order valence-electron chi connectivity index (χ0n) is 33.9. The van der Waals surface area contributed by atoms with E-state index in [0.29, 0.717) is 44.6 Å². The summed E-state index contributed by atoms with van der Waals surface area (Å²) in [4.78, 5) is 84.1. The van der Waals surface area contributed by atoms with Gasteiger partial charge in [0.25, 0.3) is 5.91 Å². The lowest BCUT2D eigenvalue weighted by molar-refractivity contribution is -0.143. The number of rotatable bonds is 10. The fourth-order valence-corrected chi connectivity index (χ4v) is 6.73. The van der Waals surface area contributed by atoms with Crippen LogP contribution in [-0.4, -0.2) is 129 Å². The number of benzene rings is 2. The van der Waals surface area contributed by atoms with Crippen LogP contribution in [-0.2, 0) is 39.9 Å². The summed E-state index contributed by atoms with van der Waals surface area (Å²) in [7, 11) is 3.17. The minimum absolute atomic E-state index is 0.0204. The molecule has 0 saturated carbocycles. The molecule has 0 unspecified atom stereocenters. The molecule has 2 aliphatic rings. The van der Waals surface area contributed by atoms with Gasteiger partial charge in [-0.2, -0.15) is 0 Å². The molecule has 15 nitrogen and oxygen atoms in total. The maximum Gasteiger partial charge on any atom is 0.252 e. The number of nitrogens with one attached hydrogen (secondary N) is 4. The van der Waals surface area contributed by atoms with Crippen molar-refractivity contribution in [1.82, 2.24) is 31.1 Å². The summed E-state index contributed by atoms with van der Waals surface area (Å²) in [6.45, 7) is 6.35. The zero-order chi connectivity index (χ0) is 41.3. The predicted molar refractivity (Wildman–Crippen MR) is 213 cm³/mol. The first-order valence-electron chi connectivity index (χ1n) is 20.0. The van der Waals surface area contributed by atoms with Gasteiger partial charge < -0.3 is 45.3 Å². The monoisotopic (exact) mass is 792 g/mol. The maximum absolute atomic E-state index is 13.9. The van der Waals surface area contributed by atoms with Crippen LogP contribution in [0.2, 0.25) is 0 Å². The van der Waals surface area contributed by atoms with Crippen LogP contribution in [0.3, 0.4) is 0 Å². The number of nitrogens with zero attached hydrogens (tertiary/aromatic N) is 2. The second-order valence-electron chi connectivity index (χ2n) is 15.3. The third-order valence-corrected chi connectivity index (χ3v) is 9.80. The van der Waals surface area contributed by atoms with E-state index < -0.39 is 59.7 Å². The first-order chi connectivity index (χ1) is 27.3. The lowest BCUT2D eigenvalue weighted by Gasteiger charge is -2.30. The molecular formula is C42H60N6O9. The van der Waals surface area contributed by atoms with Crippen molar-refractivity contribution in [3.63, 3.8) is 0 Å². The fourth-order valence-electron chi connectivity index (χ4n) is 6.73. The zero-order valence-corrected chi connectivity index (χ0v) is 33.9. The molecule has 0 bridgehead atoms. The molecule has 0 aliphatic carbocycles. The summed E-state index contributed by atoms with van der Waals surface area (Å²) < 4.78 is 17.6. The van der Waals surface area contributed by atoms with E-state index in [1.807, 2.05) is 32.0 Å². The topological polar surface area (TPSA) is 185 Å². The minimum atomic E-state index is -1.17. The molecule has 15 heteroatoms. The second-order valence-corrected chi connectivity index (χ2v) is 15.3. The molecule has 6 amide bonds. The number of likely N-dealkylation sites (N-methyl/N-ethyl adjacent to an activating group) is 1. The molecular weight excluding hydrogens is 732 g/mol. The van der Waals surface area contributed by atoms with E-state index in [9.17, 15) is 28.8 Å². The Balaban J connectivity index is 1.49. The highest BCUT2D eigenvalue weighted by Gasteiger charge is 2.39. The quantitative estimate of drug-likeness (QED) is 0.262. The molecule has 0 spiro atoms. The van der Waals surface area contributed by atoms with Gasteiger partial charge in [0.2, 0.25) is 29.5 Å². The van der Waals surface area contributed by atoms with Crippen LogP contribution in [0.4, 0.5) is 0 Å². The fraction of sp³-hybridized carbons (Fsp3) is 0.571. The predicted octanol–water partition coefficient (Wildman–Crippen LogP) is 2.22. The van der Waals surface area contributed by atoms with Gasteiger partial charge in [-0.1, -0.05) is 50.2 Å². The van der Waals surface area contributed by atoms with Crippen LogP contribution in [0.5, 0.6) is 5.75 Å². The van der Waals surface area contributed by atoms with E-state index in [4.69, 9.17) is 14.2 Å². The van der Waals surface area contributed by atoms with Gasteiger partial charge in [0.1, 0.15) is 36.0 Å². The number of aryl methyl sites for hydroxylation is 1. The molecule has 2 fully saturated rings. The number of carbonyl (C=O) groups is 6. The van der Waals surface area contributed by atoms with Crippen molar-refractivity contribution < 1.29 is 43.0 Å². The van der Waals surface area contributed by atoms with Crippen LogP contribution < -0.4 is 26.0 Å². The van der Waals surface area contributed by atoms with E-state index in [2.05, 4.69) is 33.4 Å². The van der Waals surface area contributed by atoms with Crippen LogP contribution in [0.25, 0.3) is 0 Å². The Labute approximate surface area is 335 Å². The molecule has 0 radical (unpaired) electrons. The van der Waals surface area contributed by atoms with E-state index >= 15 is 0 Å². The normalized spacial score (nSPS) is 23.3. The summed E-state index contributed by atoms with van der Waals surface area (Å²) in [5.74, 6) is -2.52. The number of ether oxygens (including phenoxy) is 3. The number of fused-ring (bicyclic) bond motifs is 1. The lowest BCUT2D eigenvalue weighted by Crippen LogP contribution is -2.59. The Bertz CT molecular complexity index is 1660. The summed E-state index contributed by atoms with van der Waals surface area (Å²) in [5, 5.41) is 11.1. The molecule has 4 rings (SSSR count). The molecule has 2 aliphatic heterocycles. The van der Waals surface area contributed by atoms with Crippen LogP contribution in [0.15, 0.2) is 54.6 Å². The van der Waals surface area contributed by atoms with Gasteiger partial charge in [-0.05, 0) is 81.5 Å². The average Bonchev–Trinajstić information content (AvgIpc) is 3.69. The Morgan fingerprint density at radius 1 is 0.895 bits per heavy atom. The van der Waals surface area contributed by atoms with Gasteiger partial charge >= 0.3 is 0 Å². The highest BCUT2D eigenvalue weighted by atomic mass is 16.5. The summed E-state index contributed by atoms with van der Waals surface area (Å²) in [5.41, 5.74) is 1.49. The van der Waals surface area contributed by atoms with Gasteiger partial charge in [0.05, 0.1) is 19.8 Å². The summed E-state index contributed by atoms with van der Waals surface area (Å²) >= 11 is 0. The standard InChI is InChI=1S/C42H60N6O9/c1-28(2)24-33-38(50)43-29(3)41(53)48-20-12-19-36(48)40(52)46-35(42(54)47(4)5)27-56-22-10-9-21-55-26-34(39(51)44-33)45-37(49)31-17-11-18-32(25-31)57-23-13-16-30-14-7-6-8-15-30/h6-8,11,14-15,17-18,25,28-29,33-36H,9-10,12-13,16,19-24,26-27H2,1-5H3,(H,43,50)(H,44,51)(H,45,49)(H,46,52)/t29-,33-,34-,35-,36-/m0/s1. The van der Waals surface area contributed by atoms with E-state index in [-0.39, 0.29) is 50.2 Å². The van der Waals surface area contributed by atoms with Gasteiger partial charge in [0, 0.05) is 39.4 Å². The highest BCUT2D eigenvalue weighted by molar-refractivity contribution is 5.99. The smallest absolute Gasteiger partial charge is 0.252 e. The van der Waals surface area contributed by atoms with Gasteiger partial charge in [-0.3, -0.25) is 28.8 Å². The van der Waals surface area contributed by atoms with Crippen molar-refractivity contribution in [1.29, 1.82) is 0 Å². The number of hydrogen-bond acceptors (Lipinski definition) is 9. The van der Waals surface area contributed by atoms with Gasteiger partial charge in [0.15, 0.2) is 0 Å². The Morgan fingerprint density at radius 2 is 1.61 bits per heavy atom. The Hall–Kier alpha value is -5.02. The molecule has 2 aromatic carbocycles. The molecule has 2 heterocycles. The maximum atomic E-state index is 13.9. The third-order valence-electron chi connectivity index (χ3n) is 9.80. The van der Waals surface area contributed by atoms with Crippen LogP contribution in [0, 0.1) is 5.92 Å². The van der Waals surface area contributed by atoms with Gasteiger partial charge in [-0.25, -0.2) is 0 Å². The molecule has 0 aromatic heterocycles. The molecule has 312 valence electrons. The van der Waals surface area contributed by atoms with Gasteiger partial charge in [-0.15, -0.1) is 0 Å². The molecule has 2 aromatic rings. The van der Waals surface area contributed by atoms with E-state index in [0.717, 1.165) is 12.8 Å². The first-order valence-corrected chi connectivity index (χ1v) is 20.0. The average molecular weight is 793 g/mol. The molecule has 4 N–H and O–H groups in total. The minimum Gasteiger partial charge on any atom is -0.494 e. The van der Waals surface area contributed by atoms with E-state index in [1.165, 1.54) is 22.3 Å². The Kier molecular flexibility index (Phi) is 17.8. The summed E-state index contributed by atoms with van der Waals surface area (Å²) in [6.07, 6.45) is 3.95. The molecule has 2 saturated heterocycles. The van der Waals surface area contributed by atoms with Crippen LogP contribution >= 0.6 is 0 Å². The van der Waals surface area contributed by atoms with Crippen molar-refractivity contribution in [2.45, 2.75) is 95.9 Å². The van der Waals surface area contributed by atoms with Crippen molar-refractivity contribution in [2.24, 2.45) is 5.92 Å². The molecule has 5 atom stereocenters. The molecule has 57 heavy (non-hydrogen) atoms. The third kappa shape index (κ3) is 14.1. The van der Waals surface area contributed by atoms with Crippen molar-refractivity contribution in [2.75, 3.05) is 53.7 Å². The van der Waals surface area contributed by atoms with Crippen molar-refractivity contribution in [3.05, 3.63) is 65.7 Å². The highest BCUT2D eigenvalue weighted by Crippen LogP contribution is 2.20. The number of hydrogen-bond donors (Lipinski definition) is 4. The first kappa shape index (κ1) is 44.7. The second kappa shape index (κ2) is 22.7.